The van der Waals surface area contributed by atoms with E-state index in [1.54, 1.807) is 7.11 Å². The topological polar surface area (TPSA) is 27.1 Å². The first kappa shape index (κ1) is 8.80. The number of fused-ring (bicyclic) bond motifs is 1. The number of aromatic nitrogens is 2. The van der Waals surface area contributed by atoms with Crippen molar-refractivity contribution in [2.24, 2.45) is 7.05 Å². The summed E-state index contributed by atoms with van der Waals surface area (Å²) in [5.41, 5.74) is 0.978. The van der Waals surface area contributed by atoms with Gasteiger partial charge < -0.3 is 4.74 Å². The Morgan fingerprint density at radius 2 is 2.23 bits per heavy atom. The monoisotopic (exact) mass is 288 g/mol. The van der Waals surface area contributed by atoms with Gasteiger partial charge >= 0.3 is 0 Å². The number of nitrogens with zero attached hydrogens (tertiary/aromatic N) is 2. The van der Waals surface area contributed by atoms with Crippen LogP contribution in [0.1, 0.15) is 0 Å². The Hall–Kier alpha value is -0.780. The minimum atomic E-state index is 0.849. The van der Waals surface area contributed by atoms with E-state index < -0.39 is 0 Å². The summed E-state index contributed by atoms with van der Waals surface area (Å²) < 4.78 is 8.13. The fourth-order valence-corrected chi connectivity index (χ4v) is 1.84. The summed E-state index contributed by atoms with van der Waals surface area (Å²) in [6.07, 6.45) is 0. The SMILES string of the molecule is COc1ccc2c(I)n(C)nc2c1. The lowest BCUT2D eigenvalue weighted by Crippen LogP contribution is -1.91. The number of hydrogen-bond donors (Lipinski definition) is 0. The van der Waals surface area contributed by atoms with Crippen LogP contribution in [0.2, 0.25) is 0 Å². The van der Waals surface area contributed by atoms with Crippen LogP contribution in [-0.4, -0.2) is 16.9 Å². The highest BCUT2D eigenvalue weighted by Gasteiger charge is 2.05. The molecule has 2 rings (SSSR count). The summed E-state index contributed by atoms with van der Waals surface area (Å²) in [7, 11) is 3.60. The second kappa shape index (κ2) is 3.17. The summed E-state index contributed by atoms with van der Waals surface area (Å²) >= 11 is 2.28. The van der Waals surface area contributed by atoms with E-state index in [9.17, 15) is 0 Å². The van der Waals surface area contributed by atoms with Gasteiger partial charge in [0.25, 0.3) is 0 Å². The van der Waals surface area contributed by atoms with E-state index in [-0.39, 0.29) is 0 Å². The Labute approximate surface area is 89.8 Å². The molecule has 0 aliphatic carbocycles. The van der Waals surface area contributed by atoms with E-state index in [2.05, 4.69) is 27.7 Å². The number of halogens is 1. The first-order valence-electron chi connectivity index (χ1n) is 3.88. The normalized spacial score (nSPS) is 10.7. The van der Waals surface area contributed by atoms with Gasteiger partial charge in [0.2, 0.25) is 0 Å². The summed E-state index contributed by atoms with van der Waals surface area (Å²) in [5, 5.41) is 5.52. The molecule has 0 aliphatic heterocycles. The molecule has 3 nitrogen and oxygen atoms in total. The molecule has 1 aromatic carbocycles. The second-order valence-corrected chi connectivity index (χ2v) is 3.82. The van der Waals surface area contributed by atoms with Gasteiger partial charge in [-0.15, -0.1) is 0 Å². The minimum absolute atomic E-state index is 0.849. The molecule has 0 N–H and O–H groups in total. The lowest BCUT2D eigenvalue weighted by atomic mass is 10.2. The summed E-state index contributed by atoms with van der Waals surface area (Å²) in [6.45, 7) is 0. The molecule has 0 fully saturated rings. The predicted molar refractivity (Wildman–Crippen MR) is 60.0 cm³/mol. The van der Waals surface area contributed by atoms with E-state index in [0.717, 1.165) is 15.0 Å². The first-order chi connectivity index (χ1) is 6.22. The highest BCUT2D eigenvalue weighted by Crippen LogP contribution is 2.23. The molecule has 0 saturated carbocycles. The second-order valence-electron chi connectivity index (χ2n) is 2.80. The average Bonchev–Trinajstić information content (AvgIpc) is 2.42. The quantitative estimate of drug-likeness (QED) is 0.752. The van der Waals surface area contributed by atoms with Gasteiger partial charge in [-0.1, -0.05) is 0 Å². The highest BCUT2D eigenvalue weighted by atomic mass is 127. The molecule has 0 aliphatic rings. The molecule has 0 radical (unpaired) electrons. The van der Waals surface area contributed by atoms with Gasteiger partial charge in [0, 0.05) is 18.5 Å². The van der Waals surface area contributed by atoms with E-state index in [0.29, 0.717) is 0 Å². The van der Waals surface area contributed by atoms with Crippen LogP contribution in [0.3, 0.4) is 0 Å². The Morgan fingerprint density at radius 1 is 1.46 bits per heavy atom. The van der Waals surface area contributed by atoms with Crippen LogP contribution >= 0.6 is 22.6 Å². The molecule has 0 bridgehead atoms. The fourth-order valence-electron chi connectivity index (χ4n) is 1.28. The predicted octanol–water partition coefficient (Wildman–Crippen LogP) is 2.19. The first-order valence-corrected chi connectivity index (χ1v) is 4.96. The molecule has 1 aromatic heterocycles. The van der Waals surface area contributed by atoms with Crippen molar-refractivity contribution < 1.29 is 4.74 Å². The van der Waals surface area contributed by atoms with Crippen molar-refractivity contribution >= 4 is 33.5 Å². The maximum absolute atomic E-state index is 5.12. The molecule has 0 saturated heterocycles. The molecule has 13 heavy (non-hydrogen) atoms. The van der Waals surface area contributed by atoms with Gasteiger partial charge in [-0.2, -0.15) is 5.10 Å². The Kier molecular flexibility index (Phi) is 2.15. The van der Waals surface area contributed by atoms with E-state index >= 15 is 0 Å². The van der Waals surface area contributed by atoms with E-state index in [4.69, 9.17) is 4.74 Å². The number of benzene rings is 1. The van der Waals surface area contributed by atoms with Gasteiger partial charge in [0.1, 0.15) is 9.45 Å². The van der Waals surface area contributed by atoms with Crippen LogP contribution in [0.25, 0.3) is 10.9 Å². The Morgan fingerprint density at radius 3 is 2.92 bits per heavy atom. The largest absolute Gasteiger partial charge is 0.497 e. The lowest BCUT2D eigenvalue weighted by molar-refractivity contribution is 0.415. The third kappa shape index (κ3) is 1.39. The maximum Gasteiger partial charge on any atom is 0.121 e. The van der Waals surface area contributed by atoms with Crippen LogP contribution in [0.5, 0.6) is 5.75 Å². The molecule has 0 atom stereocenters. The summed E-state index contributed by atoms with van der Waals surface area (Å²) in [6, 6.07) is 5.92. The van der Waals surface area contributed by atoms with E-state index in [1.165, 1.54) is 5.39 Å². The standard InChI is InChI=1S/C9H9IN2O/c1-12-9(10)7-4-3-6(13-2)5-8(7)11-12/h3-5H,1-2H3. The minimum Gasteiger partial charge on any atom is -0.497 e. The third-order valence-corrected chi connectivity index (χ3v) is 3.25. The van der Waals surface area contributed by atoms with Crippen LogP contribution in [0.15, 0.2) is 18.2 Å². The summed E-state index contributed by atoms with van der Waals surface area (Å²) in [5.74, 6) is 0.849. The molecular formula is C9H9IN2O. The number of hydrogen-bond acceptors (Lipinski definition) is 2. The maximum atomic E-state index is 5.12. The molecule has 4 heteroatoms. The molecule has 0 spiro atoms. The molecule has 1 heterocycles. The lowest BCUT2D eigenvalue weighted by Gasteiger charge is -1.96. The van der Waals surface area contributed by atoms with Gasteiger partial charge in [-0.3, -0.25) is 4.68 Å². The van der Waals surface area contributed by atoms with Crippen molar-refractivity contribution in [3.05, 3.63) is 21.9 Å². The van der Waals surface area contributed by atoms with E-state index in [1.807, 2.05) is 29.9 Å². The molecule has 68 valence electrons. The number of ether oxygens (including phenoxy) is 1. The van der Waals surface area contributed by atoms with Gasteiger partial charge in [-0.05, 0) is 34.7 Å². The van der Waals surface area contributed by atoms with Gasteiger partial charge in [-0.25, -0.2) is 0 Å². The van der Waals surface area contributed by atoms with Crippen molar-refractivity contribution in [3.63, 3.8) is 0 Å². The molecule has 2 aromatic rings. The number of aryl methyl sites for hydroxylation is 1. The van der Waals surface area contributed by atoms with Crippen molar-refractivity contribution in [1.29, 1.82) is 0 Å². The highest BCUT2D eigenvalue weighted by molar-refractivity contribution is 14.1. The number of rotatable bonds is 1. The third-order valence-electron chi connectivity index (χ3n) is 1.97. The molecule has 0 unspecified atom stereocenters. The Balaban J connectivity index is 2.73. The van der Waals surface area contributed by atoms with Crippen molar-refractivity contribution in [2.45, 2.75) is 0 Å². The van der Waals surface area contributed by atoms with Crippen LogP contribution in [0, 0.1) is 3.70 Å². The van der Waals surface area contributed by atoms with Crippen molar-refractivity contribution in [1.82, 2.24) is 9.78 Å². The van der Waals surface area contributed by atoms with Crippen LogP contribution in [0.4, 0.5) is 0 Å². The zero-order valence-corrected chi connectivity index (χ0v) is 9.57. The van der Waals surface area contributed by atoms with Crippen LogP contribution < -0.4 is 4.74 Å². The zero-order valence-electron chi connectivity index (χ0n) is 7.41. The average molecular weight is 288 g/mol. The molecular weight excluding hydrogens is 279 g/mol. The van der Waals surface area contributed by atoms with Crippen molar-refractivity contribution in [3.8, 4) is 5.75 Å². The Bertz CT molecular complexity index is 450. The fraction of sp³-hybridized carbons (Fsp3) is 0.222. The molecule has 0 amide bonds. The van der Waals surface area contributed by atoms with Crippen molar-refractivity contribution in [2.75, 3.05) is 7.11 Å². The zero-order chi connectivity index (χ0) is 9.42. The van der Waals surface area contributed by atoms with Crippen LogP contribution in [-0.2, 0) is 7.05 Å². The van der Waals surface area contributed by atoms with Gasteiger partial charge in [0.05, 0.1) is 12.6 Å². The smallest absolute Gasteiger partial charge is 0.121 e. The van der Waals surface area contributed by atoms with Gasteiger partial charge in [0.15, 0.2) is 0 Å². The number of methoxy groups -OCH3 is 1. The summed E-state index contributed by atoms with van der Waals surface area (Å²) in [4.78, 5) is 0.